The molecule has 1 fully saturated rings. The van der Waals surface area contributed by atoms with E-state index in [9.17, 15) is 4.79 Å². The minimum absolute atomic E-state index is 0. The topological polar surface area (TPSA) is 55.6 Å². The summed E-state index contributed by atoms with van der Waals surface area (Å²) in [7, 11) is 1.81. The third-order valence-corrected chi connectivity index (χ3v) is 3.06. The van der Waals surface area contributed by atoms with Crippen molar-refractivity contribution in [1.82, 2.24) is 4.90 Å². The van der Waals surface area contributed by atoms with Gasteiger partial charge in [0.25, 0.3) is 0 Å². The van der Waals surface area contributed by atoms with Crippen LogP contribution >= 0.6 is 12.4 Å². The molecular formula is C12H25ClN2O2. The number of ether oxygens (including phenoxy) is 1. The molecule has 0 radical (unpaired) electrons. The van der Waals surface area contributed by atoms with Crippen LogP contribution in [-0.4, -0.2) is 44.2 Å². The van der Waals surface area contributed by atoms with Crippen LogP contribution in [0.4, 0.5) is 0 Å². The Balaban J connectivity index is 0.00000256. The standard InChI is InChI=1S/C12H24N2O2.ClH/c1-12(2,9-13)11(15)14(3)6-7-16-8-10-4-5-10;/h10H,4-9,13H2,1-3H3;1H. The largest absolute Gasteiger partial charge is 0.379 e. The molecule has 5 heteroatoms. The second-order valence-electron chi connectivity index (χ2n) is 5.33. The number of carbonyl (C=O) groups is 1. The van der Waals surface area contributed by atoms with Gasteiger partial charge in [0.05, 0.1) is 12.0 Å². The second kappa shape index (κ2) is 7.19. The second-order valence-corrected chi connectivity index (χ2v) is 5.33. The molecule has 4 nitrogen and oxygen atoms in total. The molecule has 0 aromatic heterocycles. The summed E-state index contributed by atoms with van der Waals surface area (Å²) in [6.07, 6.45) is 2.60. The van der Waals surface area contributed by atoms with E-state index in [0.717, 1.165) is 12.5 Å². The van der Waals surface area contributed by atoms with Crippen LogP contribution in [0.3, 0.4) is 0 Å². The lowest BCUT2D eigenvalue weighted by Gasteiger charge is -2.28. The number of halogens is 1. The monoisotopic (exact) mass is 264 g/mol. The van der Waals surface area contributed by atoms with Gasteiger partial charge in [0.2, 0.25) is 5.91 Å². The Bertz CT molecular complexity index is 243. The number of hydrogen-bond acceptors (Lipinski definition) is 3. The first kappa shape index (κ1) is 16.7. The number of nitrogens with two attached hydrogens (primary N) is 1. The summed E-state index contributed by atoms with van der Waals surface area (Å²) in [6, 6.07) is 0. The molecule has 0 aromatic rings. The van der Waals surface area contributed by atoms with Gasteiger partial charge in [-0.05, 0) is 32.6 Å². The number of likely N-dealkylation sites (N-methyl/N-ethyl adjacent to an activating group) is 1. The molecule has 0 saturated heterocycles. The average Bonchev–Trinajstić information content (AvgIpc) is 3.06. The Morgan fingerprint density at radius 1 is 1.47 bits per heavy atom. The van der Waals surface area contributed by atoms with Crippen molar-refractivity contribution in [2.24, 2.45) is 17.1 Å². The Morgan fingerprint density at radius 2 is 2.06 bits per heavy atom. The van der Waals surface area contributed by atoms with Crippen molar-refractivity contribution in [3.8, 4) is 0 Å². The molecule has 0 unspecified atom stereocenters. The van der Waals surface area contributed by atoms with Crippen molar-refractivity contribution in [1.29, 1.82) is 0 Å². The fraction of sp³-hybridized carbons (Fsp3) is 0.917. The summed E-state index contributed by atoms with van der Waals surface area (Å²) < 4.78 is 5.50. The molecule has 0 heterocycles. The van der Waals surface area contributed by atoms with E-state index < -0.39 is 5.41 Å². The molecule has 17 heavy (non-hydrogen) atoms. The molecule has 0 aromatic carbocycles. The smallest absolute Gasteiger partial charge is 0.229 e. The van der Waals surface area contributed by atoms with E-state index in [1.807, 2.05) is 13.8 Å². The van der Waals surface area contributed by atoms with E-state index in [2.05, 4.69) is 0 Å². The zero-order chi connectivity index (χ0) is 12.2. The molecule has 0 bridgehead atoms. The van der Waals surface area contributed by atoms with Crippen LogP contribution < -0.4 is 5.73 Å². The van der Waals surface area contributed by atoms with Gasteiger partial charge in [0.1, 0.15) is 0 Å². The molecule has 0 spiro atoms. The minimum atomic E-state index is -0.467. The van der Waals surface area contributed by atoms with Crippen molar-refractivity contribution in [2.45, 2.75) is 26.7 Å². The Kier molecular flexibility index (Phi) is 7.05. The maximum Gasteiger partial charge on any atom is 0.229 e. The van der Waals surface area contributed by atoms with Crippen LogP contribution in [0.15, 0.2) is 0 Å². The van der Waals surface area contributed by atoms with E-state index in [-0.39, 0.29) is 18.3 Å². The van der Waals surface area contributed by atoms with Crippen LogP contribution in [0, 0.1) is 11.3 Å². The quantitative estimate of drug-likeness (QED) is 0.705. The van der Waals surface area contributed by atoms with Crippen molar-refractivity contribution >= 4 is 18.3 Å². The maximum atomic E-state index is 11.9. The third-order valence-electron chi connectivity index (χ3n) is 3.06. The number of carbonyl (C=O) groups excluding carboxylic acids is 1. The molecule has 1 aliphatic carbocycles. The summed E-state index contributed by atoms with van der Waals surface area (Å²) in [5, 5.41) is 0. The van der Waals surface area contributed by atoms with Gasteiger partial charge in [-0.2, -0.15) is 0 Å². The summed E-state index contributed by atoms with van der Waals surface area (Å²) in [5.74, 6) is 0.867. The molecule has 102 valence electrons. The van der Waals surface area contributed by atoms with Crippen LogP contribution in [0.2, 0.25) is 0 Å². The molecule has 2 N–H and O–H groups in total. The Morgan fingerprint density at radius 3 is 2.53 bits per heavy atom. The molecule has 1 rings (SSSR count). The predicted octanol–water partition coefficient (Wildman–Crippen LogP) is 1.28. The fourth-order valence-electron chi connectivity index (χ4n) is 1.44. The Hall–Kier alpha value is -0.320. The number of hydrogen-bond donors (Lipinski definition) is 1. The van der Waals surface area contributed by atoms with Crippen LogP contribution in [0.25, 0.3) is 0 Å². The molecule has 0 aliphatic heterocycles. The van der Waals surface area contributed by atoms with E-state index in [4.69, 9.17) is 10.5 Å². The van der Waals surface area contributed by atoms with E-state index in [1.54, 1.807) is 11.9 Å². The summed E-state index contributed by atoms with van der Waals surface area (Å²) in [4.78, 5) is 13.6. The van der Waals surface area contributed by atoms with E-state index >= 15 is 0 Å². The van der Waals surface area contributed by atoms with Crippen LogP contribution in [0.5, 0.6) is 0 Å². The van der Waals surface area contributed by atoms with Gasteiger partial charge in [-0.25, -0.2) is 0 Å². The van der Waals surface area contributed by atoms with Crippen LogP contribution in [-0.2, 0) is 9.53 Å². The lowest BCUT2D eigenvalue weighted by molar-refractivity contribution is -0.139. The number of rotatable bonds is 7. The highest BCUT2D eigenvalue weighted by atomic mass is 35.5. The lowest BCUT2D eigenvalue weighted by atomic mass is 9.92. The minimum Gasteiger partial charge on any atom is -0.379 e. The van der Waals surface area contributed by atoms with Crippen LogP contribution in [0.1, 0.15) is 26.7 Å². The zero-order valence-electron chi connectivity index (χ0n) is 11.1. The fourth-order valence-corrected chi connectivity index (χ4v) is 1.44. The Labute approximate surface area is 110 Å². The average molecular weight is 265 g/mol. The van der Waals surface area contributed by atoms with Crippen molar-refractivity contribution in [2.75, 3.05) is 33.4 Å². The van der Waals surface area contributed by atoms with E-state index in [1.165, 1.54) is 12.8 Å². The van der Waals surface area contributed by atoms with Gasteiger partial charge in [-0.15, -0.1) is 12.4 Å². The van der Waals surface area contributed by atoms with Gasteiger partial charge in [0.15, 0.2) is 0 Å². The molecule has 1 saturated carbocycles. The first-order chi connectivity index (χ1) is 7.47. The molecular weight excluding hydrogens is 240 g/mol. The summed E-state index contributed by atoms with van der Waals surface area (Å²) in [6.45, 7) is 6.24. The van der Waals surface area contributed by atoms with Gasteiger partial charge in [-0.3, -0.25) is 4.79 Å². The van der Waals surface area contributed by atoms with Crippen molar-refractivity contribution in [3.05, 3.63) is 0 Å². The van der Waals surface area contributed by atoms with Crippen molar-refractivity contribution in [3.63, 3.8) is 0 Å². The van der Waals surface area contributed by atoms with E-state index in [0.29, 0.717) is 19.7 Å². The van der Waals surface area contributed by atoms with Gasteiger partial charge < -0.3 is 15.4 Å². The number of nitrogens with zero attached hydrogens (tertiary/aromatic N) is 1. The first-order valence-corrected chi connectivity index (χ1v) is 6.01. The highest BCUT2D eigenvalue weighted by Crippen LogP contribution is 2.28. The van der Waals surface area contributed by atoms with Crippen molar-refractivity contribution < 1.29 is 9.53 Å². The van der Waals surface area contributed by atoms with Gasteiger partial charge in [-0.1, -0.05) is 0 Å². The molecule has 1 aliphatic rings. The van der Waals surface area contributed by atoms with Gasteiger partial charge >= 0.3 is 0 Å². The maximum absolute atomic E-state index is 11.9. The number of amides is 1. The molecule has 1 amide bonds. The highest BCUT2D eigenvalue weighted by Gasteiger charge is 2.28. The SMILES string of the molecule is CN(CCOCC1CC1)C(=O)C(C)(C)CN.Cl. The first-order valence-electron chi connectivity index (χ1n) is 6.01. The van der Waals surface area contributed by atoms with Gasteiger partial charge in [0, 0.05) is 26.7 Å². The predicted molar refractivity (Wildman–Crippen MR) is 71.3 cm³/mol. The highest BCUT2D eigenvalue weighted by molar-refractivity contribution is 5.85. The summed E-state index contributed by atoms with van der Waals surface area (Å²) >= 11 is 0. The normalized spacial score (nSPS) is 15.3. The third kappa shape index (κ3) is 5.70. The molecule has 0 atom stereocenters. The lowest BCUT2D eigenvalue weighted by Crippen LogP contribution is -2.43. The summed E-state index contributed by atoms with van der Waals surface area (Å²) in [5.41, 5.74) is 5.10. The zero-order valence-corrected chi connectivity index (χ0v) is 11.9.